The summed E-state index contributed by atoms with van der Waals surface area (Å²) in [7, 11) is 0. The van der Waals surface area contributed by atoms with Crippen molar-refractivity contribution in [2.75, 3.05) is 0 Å². The van der Waals surface area contributed by atoms with E-state index in [-0.39, 0.29) is 17.1 Å². The molecule has 0 aromatic heterocycles. The third kappa shape index (κ3) is 3.30. The molecular weight excluding hydrogens is 295 g/mol. The van der Waals surface area contributed by atoms with E-state index in [2.05, 4.69) is 13.8 Å². The second kappa shape index (κ2) is 5.49. The molecule has 0 spiro atoms. The van der Waals surface area contributed by atoms with E-state index < -0.39 is 6.10 Å². The van der Waals surface area contributed by atoms with Gasteiger partial charge in [0.25, 0.3) is 0 Å². The maximum absolute atomic E-state index is 10.6. The first kappa shape index (κ1) is 16.1. The molecule has 1 aliphatic heterocycles. The monoisotopic (exact) mass is 316 g/mol. The summed E-state index contributed by atoms with van der Waals surface area (Å²) < 4.78 is 6.04. The van der Waals surface area contributed by atoms with Gasteiger partial charge in [-0.15, -0.1) is 0 Å². The molecule has 112 valence electrons. The topological polar surface area (TPSA) is 29.5 Å². The summed E-state index contributed by atoms with van der Waals surface area (Å²) in [6.07, 6.45) is 0.749. The molecule has 1 aliphatic rings. The average Bonchev–Trinajstić information content (AvgIpc) is 2.52. The maximum atomic E-state index is 10.6. The minimum absolute atomic E-state index is 0.0600. The van der Waals surface area contributed by atoms with Gasteiger partial charge >= 0.3 is 0 Å². The van der Waals surface area contributed by atoms with Crippen molar-refractivity contribution in [2.45, 2.75) is 57.8 Å². The summed E-state index contributed by atoms with van der Waals surface area (Å²) in [5, 5.41) is 11.8. The van der Waals surface area contributed by atoms with Gasteiger partial charge in [0.2, 0.25) is 0 Å². The highest BCUT2D eigenvalue weighted by Crippen LogP contribution is 2.44. The van der Waals surface area contributed by atoms with E-state index >= 15 is 0 Å². The normalized spacial score (nSPS) is 25.6. The Hall–Kier alpha value is -0.280. The zero-order valence-electron chi connectivity index (χ0n) is 12.4. The lowest BCUT2D eigenvalue weighted by Crippen LogP contribution is -2.37. The van der Waals surface area contributed by atoms with E-state index in [0.717, 1.165) is 12.0 Å². The molecular formula is C16H22Cl2O2. The number of benzene rings is 1. The third-order valence-electron chi connectivity index (χ3n) is 4.08. The summed E-state index contributed by atoms with van der Waals surface area (Å²) in [6, 6.07) is 5.41. The van der Waals surface area contributed by atoms with Crippen LogP contribution in [0.25, 0.3) is 0 Å². The first-order chi connectivity index (χ1) is 9.12. The van der Waals surface area contributed by atoms with Gasteiger partial charge in [-0.1, -0.05) is 29.3 Å². The number of rotatable bonds is 3. The molecule has 2 unspecified atom stereocenters. The van der Waals surface area contributed by atoms with Gasteiger partial charge in [-0.05, 0) is 51.8 Å². The summed E-state index contributed by atoms with van der Waals surface area (Å²) in [5.41, 5.74) is 0.250. The Bertz CT molecular complexity index is 477. The molecule has 4 heteroatoms. The highest BCUT2D eigenvalue weighted by molar-refractivity contribution is 6.35. The highest BCUT2D eigenvalue weighted by atomic mass is 35.5. The minimum Gasteiger partial charge on any atom is -0.392 e. The average molecular weight is 317 g/mol. The Kier molecular flexibility index (Phi) is 4.42. The first-order valence-electron chi connectivity index (χ1n) is 6.93. The van der Waals surface area contributed by atoms with Crippen LogP contribution in [0.1, 0.15) is 39.7 Å². The van der Waals surface area contributed by atoms with Crippen LogP contribution >= 0.6 is 23.2 Å². The van der Waals surface area contributed by atoms with Crippen LogP contribution in [0.3, 0.4) is 0 Å². The molecule has 2 rings (SSSR count). The van der Waals surface area contributed by atoms with E-state index in [0.29, 0.717) is 16.5 Å². The van der Waals surface area contributed by atoms with E-state index in [1.165, 1.54) is 0 Å². The van der Waals surface area contributed by atoms with E-state index in [1.807, 2.05) is 19.9 Å². The fourth-order valence-corrected chi connectivity index (χ4v) is 3.83. The van der Waals surface area contributed by atoms with Crippen LogP contribution in [0.5, 0.6) is 0 Å². The van der Waals surface area contributed by atoms with Crippen LogP contribution in [0.15, 0.2) is 18.2 Å². The highest BCUT2D eigenvalue weighted by Gasteiger charge is 2.48. The molecule has 0 radical (unpaired) electrons. The van der Waals surface area contributed by atoms with Gasteiger partial charge in [0.05, 0.1) is 17.3 Å². The second-order valence-electron chi connectivity index (χ2n) is 6.75. The summed E-state index contributed by atoms with van der Waals surface area (Å²) in [5.74, 6) is 0.0600. The van der Waals surface area contributed by atoms with Crippen molar-refractivity contribution in [3.05, 3.63) is 33.8 Å². The van der Waals surface area contributed by atoms with Crippen molar-refractivity contribution in [1.29, 1.82) is 0 Å². The molecule has 1 heterocycles. The molecule has 1 aromatic rings. The molecule has 2 nitrogen and oxygen atoms in total. The SMILES string of the molecule is CC1(C)CC(C(O)Cc2c(Cl)cccc2Cl)C(C)(C)O1. The molecule has 0 bridgehead atoms. The minimum atomic E-state index is -0.524. The summed E-state index contributed by atoms with van der Waals surface area (Å²) in [4.78, 5) is 0. The van der Waals surface area contributed by atoms with Gasteiger partial charge in [0, 0.05) is 22.4 Å². The number of hydrogen-bond acceptors (Lipinski definition) is 2. The molecule has 0 aliphatic carbocycles. The molecule has 0 saturated carbocycles. The standard InChI is InChI=1S/C16H22Cl2O2/c1-15(2)9-11(16(3,4)20-15)14(19)8-10-12(17)6-5-7-13(10)18/h5-7,11,14,19H,8-9H2,1-4H3. The van der Waals surface area contributed by atoms with Crippen LogP contribution in [0, 0.1) is 5.92 Å². The molecule has 1 N–H and O–H groups in total. The van der Waals surface area contributed by atoms with Gasteiger partial charge < -0.3 is 9.84 Å². The van der Waals surface area contributed by atoms with Gasteiger partial charge in [0.1, 0.15) is 0 Å². The van der Waals surface area contributed by atoms with E-state index in [4.69, 9.17) is 27.9 Å². The van der Waals surface area contributed by atoms with Crippen molar-refractivity contribution in [2.24, 2.45) is 5.92 Å². The van der Waals surface area contributed by atoms with Crippen LogP contribution < -0.4 is 0 Å². The first-order valence-corrected chi connectivity index (χ1v) is 7.69. The quantitative estimate of drug-likeness (QED) is 0.890. The van der Waals surface area contributed by atoms with Crippen LogP contribution in [0.2, 0.25) is 10.0 Å². The molecule has 1 fully saturated rings. The van der Waals surface area contributed by atoms with Crippen LogP contribution in [0.4, 0.5) is 0 Å². The number of hydrogen-bond donors (Lipinski definition) is 1. The lowest BCUT2D eigenvalue weighted by molar-refractivity contribution is -0.0873. The van der Waals surface area contributed by atoms with Gasteiger partial charge in [-0.3, -0.25) is 0 Å². The lowest BCUT2D eigenvalue weighted by atomic mass is 9.81. The Labute approximate surface area is 131 Å². The van der Waals surface area contributed by atoms with Gasteiger partial charge in [-0.2, -0.15) is 0 Å². The molecule has 1 aromatic carbocycles. The summed E-state index contributed by atoms with van der Waals surface area (Å²) >= 11 is 12.4. The smallest absolute Gasteiger partial charge is 0.0687 e. The van der Waals surface area contributed by atoms with Gasteiger partial charge in [0.15, 0.2) is 0 Å². The predicted molar refractivity (Wildman–Crippen MR) is 83.5 cm³/mol. The zero-order valence-corrected chi connectivity index (χ0v) is 13.9. The Morgan fingerprint density at radius 2 is 1.80 bits per heavy atom. The van der Waals surface area contributed by atoms with Crippen LogP contribution in [-0.2, 0) is 11.2 Å². The van der Waals surface area contributed by atoms with Crippen molar-refractivity contribution in [3.8, 4) is 0 Å². The fraction of sp³-hybridized carbons (Fsp3) is 0.625. The largest absolute Gasteiger partial charge is 0.392 e. The van der Waals surface area contributed by atoms with Crippen molar-refractivity contribution >= 4 is 23.2 Å². The van der Waals surface area contributed by atoms with E-state index in [9.17, 15) is 5.11 Å². The Morgan fingerprint density at radius 3 is 2.25 bits per heavy atom. The molecule has 2 atom stereocenters. The van der Waals surface area contributed by atoms with Crippen molar-refractivity contribution < 1.29 is 9.84 Å². The maximum Gasteiger partial charge on any atom is 0.0687 e. The number of aliphatic hydroxyl groups is 1. The number of ether oxygens (including phenoxy) is 1. The molecule has 1 saturated heterocycles. The fourth-order valence-electron chi connectivity index (χ4n) is 3.28. The molecule has 0 amide bonds. The lowest BCUT2D eigenvalue weighted by Gasteiger charge is -2.30. The Balaban J connectivity index is 2.19. The van der Waals surface area contributed by atoms with E-state index in [1.54, 1.807) is 12.1 Å². The summed E-state index contributed by atoms with van der Waals surface area (Å²) in [6.45, 7) is 8.18. The van der Waals surface area contributed by atoms with Crippen molar-refractivity contribution in [3.63, 3.8) is 0 Å². The second-order valence-corrected chi connectivity index (χ2v) is 7.56. The number of halogens is 2. The van der Waals surface area contributed by atoms with Gasteiger partial charge in [-0.25, -0.2) is 0 Å². The third-order valence-corrected chi connectivity index (χ3v) is 4.79. The zero-order chi connectivity index (χ0) is 15.1. The predicted octanol–water partition coefficient (Wildman–Crippen LogP) is 4.49. The Morgan fingerprint density at radius 1 is 1.25 bits per heavy atom. The van der Waals surface area contributed by atoms with Crippen molar-refractivity contribution in [1.82, 2.24) is 0 Å². The number of aliphatic hydroxyl groups excluding tert-OH is 1. The molecule has 20 heavy (non-hydrogen) atoms. The van der Waals surface area contributed by atoms with Crippen LogP contribution in [-0.4, -0.2) is 22.4 Å².